The number of hydrogen-bond acceptors (Lipinski definition) is 4. The molecular formula is C19H18FN3O3. The first-order valence-electron chi connectivity index (χ1n) is 7.86. The Morgan fingerprint density at radius 3 is 2.54 bits per heavy atom. The van der Waals surface area contributed by atoms with Crippen molar-refractivity contribution in [3.63, 3.8) is 0 Å². The average molecular weight is 355 g/mol. The molecule has 0 saturated heterocycles. The SMILES string of the molecule is COc1ccc(NC(=O)c2cc(-c3cc(C)cc(F)c3)n[nH]2)cc1OC. The van der Waals surface area contributed by atoms with Gasteiger partial charge < -0.3 is 14.8 Å². The van der Waals surface area contributed by atoms with Gasteiger partial charge in [-0.1, -0.05) is 0 Å². The zero-order valence-corrected chi connectivity index (χ0v) is 14.6. The lowest BCUT2D eigenvalue weighted by atomic mass is 10.1. The van der Waals surface area contributed by atoms with E-state index in [4.69, 9.17) is 9.47 Å². The van der Waals surface area contributed by atoms with Gasteiger partial charge in [-0.2, -0.15) is 5.10 Å². The summed E-state index contributed by atoms with van der Waals surface area (Å²) in [7, 11) is 3.06. The van der Waals surface area contributed by atoms with Crippen molar-refractivity contribution >= 4 is 11.6 Å². The fourth-order valence-corrected chi connectivity index (χ4v) is 2.58. The van der Waals surface area contributed by atoms with E-state index < -0.39 is 0 Å². The first-order valence-corrected chi connectivity index (χ1v) is 7.86. The van der Waals surface area contributed by atoms with E-state index >= 15 is 0 Å². The quantitative estimate of drug-likeness (QED) is 0.730. The molecule has 0 unspecified atom stereocenters. The van der Waals surface area contributed by atoms with Crippen LogP contribution in [-0.2, 0) is 0 Å². The maximum absolute atomic E-state index is 13.6. The lowest BCUT2D eigenvalue weighted by Crippen LogP contribution is -2.12. The van der Waals surface area contributed by atoms with Crippen LogP contribution in [-0.4, -0.2) is 30.3 Å². The summed E-state index contributed by atoms with van der Waals surface area (Å²) in [6, 6.07) is 11.2. The Labute approximate surface area is 150 Å². The summed E-state index contributed by atoms with van der Waals surface area (Å²) in [5, 5.41) is 9.52. The summed E-state index contributed by atoms with van der Waals surface area (Å²) in [5.74, 6) is 0.352. The number of carbonyl (C=O) groups is 1. The topological polar surface area (TPSA) is 76.2 Å². The molecule has 1 aromatic heterocycles. The molecule has 3 rings (SSSR count). The normalized spacial score (nSPS) is 10.5. The molecule has 2 aromatic carbocycles. The van der Waals surface area contributed by atoms with Crippen molar-refractivity contribution in [2.45, 2.75) is 6.92 Å². The predicted octanol–water partition coefficient (Wildman–Crippen LogP) is 3.79. The lowest BCUT2D eigenvalue weighted by Gasteiger charge is -2.10. The number of benzene rings is 2. The summed E-state index contributed by atoms with van der Waals surface area (Å²) in [4.78, 5) is 12.4. The van der Waals surface area contributed by atoms with E-state index in [-0.39, 0.29) is 17.4 Å². The summed E-state index contributed by atoms with van der Waals surface area (Å²) in [5.41, 5.74) is 2.68. The van der Waals surface area contributed by atoms with Crippen LogP contribution in [0.25, 0.3) is 11.3 Å². The number of aromatic nitrogens is 2. The van der Waals surface area contributed by atoms with Crippen LogP contribution in [0, 0.1) is 12.7 Å². The minimum Gasteiger partial charge on any atom is -0.493 e. The highest BCUT2D eigenvalue weighted by Crippen LogP contribution is 2.30. The van der Waals surface area contributed by atoms with Crippen LogP contribution in [0.2, 0.25) is 0 Å². The molecule has 26 heavy (non-hydrogen) atoms. The van der Waals surface area contributed by atoms with Crippen LogP contribution >= 0.6 is 0 Å². The van der Waals surface area contributed by atoms with Crippen molar-refractivity contribution in [2.75, 3.05) is 19.5 Å². The van der Waals surface area contributed by atoms with E-state index in [1.807, 2.05) is 0 Å². The summed E-state index contributed by atoms with van der Waals surface area (Å²) in [6.45, 7) is 1.80. The smallest absolute Gasteiger partial charge is 0.273 e. The molecule has 0 bridgehead atoms. The molecule has 3 aromatic rings. The number of halogens is 1. The van der Waals surface area contributed by atoms with Gasteiger partial charge in [-0.05, 0) is 48.9 Å². The van der Waals surface area contributed by atoms with Crippen LogP contribution in [0.3, 0.4) is 0 Å². The van der Waals surface area contributed by atoms with E-state index in [1.165, 1.54) is 26.4 Å². The maximum atomic E-state index is 13.6. The van der Waals surface area contributed by atoms with E-state index in [1.54, 1.807) is 37.3 Å². The largest absolute Gasteiger partial charge is 0.493 e. The number of carbonyl (C=O) groups excluding carboxylic acids is 1. The Bertz CT molecular complexity index is 933. The Morgan fingerprint density at radius 2 is 1.85 bits per heavy atom. The second kappa shape index (κ2) is 7.26. The number of amides is 1. The monoisotopic (exact) mass is 355 g/mol. The standard InChI is InChI=1S/C19H18FN3O3/c1-11-6-12(8-13(20)7-11)15-10-16(23-22-15)19(24)21-14-4-5-17(25-2)18(9-14)26-3/h4-10H,1-3H3,(H,21,24)(H,22,23). The molecule has 0 atom stereocenters. The van der Waals surface area contributed by atoms with Gasteiger partial charge in [-0.15, -0.1) is 0 Å². The molecule has 7 heteroatoms. The van der Waals surface area contributed by atoms with Crippen LogP contribution in [0.1, 0.15) is 16.1 Å². The number of H-pyrrole nitrogens is 1. The first kappa shape index (κ1) is 17.5. The Balaban J connectivity index is 1.80. The number of nitrogens with zero attached hydrogens (tertiary/aromatic N) is 1. The first-order chi connectivity index (χ1) is 12.5. The van der Waals surface area contributed by atoms with E-state index in [0.717, 1.165) is 5.56 Å². The van der Waals surface area contributed by atoms with Gasteiger partial charge in [-0.25, -0.2) is 4.39 Å². The molecule has 6 nitrogen and oxygen atoms in total. The molecule has 0 radical (unpaired) electrons. The molecule has 0 aliphatic carbocycles. The van der Waals surface area contributed by atoms with E-state index in [2.05, 4.69) is 15.5 Å². The Hall–Kier alpha value is -3.35. The summed E-state index contributed by atoms with van der Waals surface area (Å²) >= 11 is 0. The maximum Gasteiger partial charge on any atom is 0.273 e. The van der Waals surface area contributed by atoms with Gasteiger partial charge in [0.1, 0.15) is 11.5 Å². The molecule has 0 spiro atoms. The lowest BCUT2D eigenvalue weighted by molar-refractivity contribution is 0.102. The third kappa shape index (κ3) is 3.66. The summed E-state index contributed by atoms with van der Waals surface area (Å²) < 4.78 is 23.9. The van der Waals surface area contributed by atoms with Crippen molar-refractivity contribution in [3.05, 3.63) is 59.5 Å². The van der Waals surface area contributed by atoms with Gasteiger partial charge >= 0.3 is 0 Å². The molecule has 134 valence electrons. The molecular weight excluding hydrogens is 337 g/mol. The molecule has 0 aliphatic rings. The average Bonchev–Trinajstić information content (AvgIpc) is 3.11. The van der Waals surface area contributed by atoms with Gasteiger partial charge in [0.2, 0.25) is 0 Å². The Morgan fingerprint density at radius 1 is 1.08 bits per heavy atom. The van der Waals surface area contributed by atoms with Crippen LogP contribution in [0.4, 0.5) is 10.1 Å². The predicted molar refractivity (Wildman–Crippen MR) is 96.2 cm³/mol. The third-order valence-corrected chi connectivity index (χ3v) is 3.80. The fraction of sp³-hybridized carbons (Fsp3) is 0.158. The minimum atomic E-state index is -0.371. The van der Waals surface area contributed by atoms with Crippen molar-refractivity contribution in [2.24, 2.45) is 0 Å². The van der Waals surface area contributed by atoms with Crippen molar-refractivity contribution in [1.82, 2.24) is 10.2 Å². The highest BCUT2D eigenvalue weighted by molar-refractivity contribution is 6.03. The molecule has 1 amide bonds. The Kier molecular flexibility index (Phi) is 4.88. The van der Waals surface area contributed by atoms with Crippen LogP contribution in [0.5, 0.6) is 11.5 Å². The fourth-order valence-electron chi connectivity index (χ4n) is 2.58. The third-order valence-electron chi connectivity index (χ3n) is 3.80. The molecule has 0 fully saturated rings. The number of aryl methyl sites for hydroxylation is 1. The van der Waals surface area contributed by atoms with Gasteiger partial charge in [0.15, 0.2) is 11.5 Å². The molecule has 0 saturated carbocycles. The van der Waals surface area contributed by atoms with Crippen LogP contribution < -0.4 is 14.8 Å². The molecule has 0 aliphatic heterocycles. The number of ether oxygens (including phenoxy) is 2. The second-order valence-corrected chi connectivity index (χ2v) is 5.71. The van der Waals surface area contributed by atoms with Crippen LogP contribution in [0.15, 0.2) is 42.5 Å². The number of methoxy groups -OCH3 is 2. The number of anilines is 1. The van der Waals surface area contributed by atoms with Crippen molar-refractivity contribution in [1.29, 1.82) is 0 Å². The summed E-state index contributed by atoms with van der Waals surface area (Å²) in [6.07, 6.45) is 0. The second-order valence-electron chi connectivity index (χ2n) is 5.71. The highest BCUT2D eigenvalue weighted by atomic mass is 19.1. The minimum absolute atomic E-state index is 0.261. The zero-order valence-electron chi connectivity index (χ0n) is 14.6. The molecule has 2 N–H and O–H groups in total. The van der Waals surface area contributed by atoms with Gasteiger partial charge in [0.05, 0.1) is 19.9 Å². The number of rotatable bonds is 5. The highest BCUT2D eigenvalue weighted by Gasteiger charge is 2.13. The van der Waals surface area contributed by atoms with E-state index in [0.29, 0.717) is 28.4 Å². The van der Waals surface area contributed by atoms with Gasteiger partial charge in [0.25, 0.3) is 5.91 Å². The van der Waals surface area contributed by atoms with Gasteiger partial charge in [0, 0.05) is 17.3 Å². The molecule has 1 heterocycles. The number of nitrogens with one attached hydrogen (secondary N) is 2. The number of hydrogen-bond donors (Lipinski definition) is 2. The number of aromatic amines is 1. The van der Waals surface area contributed by atoms with Crippen molar-refractivity contribution < 1.29 is 18.7 Å². The zero-order chi connectivity index (χ0) is 18.7. The van der Waals surface area contributed by atoms with Gasteiger partial charge in [-0.3, -0.25) is 9.89 Å². The van der Waals surface area contributed by atoms with E-state index in [9.17, 15) is 9.18 Å². The van der Waals surface area contributed by atoms with Crippen molar-refractivity contribution in [3.8, 4) is 22.8 Å².